The van der Waals surface area contributed by atoms with Crippen LogP contribution in [0.15, 0.2) is 28.2 Å². The van der Waals surface area contributed by atoms with Gasteiger partial charge in [0.15, 0.2) is 5.16 Å². The Labute approximate surface area is 158 Å². The molecular weight excluding hydrogens is 348 g/mol. The van der Waals surface area contributed by atoms with Crippen molar-refractivity contribution in [1.82, 2.24) is 19.7 Å². The second-order valence-corrected chi connectivity index (χ2v) is 7.71. The standard InChI is InChI=1S/C18H26N6OS/c1-13(2)12-24-17(25)6-5-15(21-24)22-7-9-23(10-8-22)16-11-14(3)19-18(20-16)26-4/h5-6,11,13H,7-10,12H2,1-4H3. The van der Waals surface area contributed by atoms with Crippen LogP contribution in [-0.4, -0.2) is 52.2 Å². The van der Waals surface area contributed by atoms with E-state index in [-0.39, 0.29) is 5.56 Å². The largest absolute Gasteiger partial charge is 0.353 e. The zero-order valence-corrected chi connectivity index (χ0v) is 16.7. The quantitative estimate of drug-likeness (QED) is 0.586. The minimum Gasteiger partial charge on any atom is -0.353 e. The normalized spacial score (nSPS) is 15.0. The number of aromatic nitrogens is 4. The van der Waals surface area contributed by atoms with E-state index in [4.69, 9.17) is 0 Å². The van der Waals surface area contributed by atoms with E-state index in [2.05, 4.69) is 38.7 Å². The van der Waals surface area contributed by atoms with Gasteiger partial charge in [-0.05, 0) is 25.2 Å². The molecule has 0 amide bonds. The highest BCUT2D eigenvalue weighted by molar-refractivity contribution is 7.98. The zero-order valence-electron chi connectivity index (χ0n) is 15.8. The molecule has 0 radical (unpaired) electrons. The number of hydrogen-bond acceptors (Lipinski definition) is 7. The van der Waals surface area contributed by atoms with Gasteiger partial charge in [0.2, 0.25) is 0 Å². The second-order valence-electron chi connectivity index (χ2n) is 6.93. The average molecular weight is 375 g/mol. The van der Waals surface area contributed by atoms with Crippen LogP contribution >= 0.6 is 11.8 Å². The third kappa shape index (κ3) is 4.35. The summed E-state index contributed by atoms with van der Waals surface area (Å²) in [4.78, 5) is 25.5. The SMILES string of the molecule is CSc1nc(C)cc(N2CCN(c3ccc(=O)n(CC(C)C)n3)CC2)n1. The van der Waals surface area contributed by atoms with Crippen molar-refractivity contribution in [2.24, 2.45) is 5.92 Å². The van der Waals surface area contributed by atoms with Crippen LogP contribution in [0.5, 0.6) is 0 Å². The summed E-state index contributed by atoms with van der Waals surface area (Å²) in [5.74, 6) is 2.24. The number of aryl methyl sites for hydroxylation is 1. The summed E-state index contributed by atoms with van der Waals surface area (Å²) in [6.45, 7) is 10.3. The van der Waals surface area contributed by atoms with Gasteiger partial charge in [0.1, 0.15) is 11.6 Å². The molecule has 3 rings (SSSR count). The van der Waals surface area contributed by atoms with Gasteiger partial charge in [-0.3, -0.25) is 4.79 Å². The summed E-state index contributed by atoms with van der Waals surface area (Å²) < 4.78 is 1.57. The molecule has 0 spiro atoms. The molecule has 1 aliphatic heterocycles. The Morgan fingerprint density at radius 1 is 1.08 bits per heavy atom. The Balaban J connectivity index is 1.71. The summed E-state index contributed by atoms with van der Waals surface area (Å²) >= 11 is 1.56. The van der Waals surface area contributed by atoms with Gasteiger partial charge >= 0.3 is 0 Å². The van der Waals surface area contributed by atoms with Crippen LogP contribution in [0, 0.1) is 12.8 Å². The van der Waals surface area contributed by atoms with E-state index in [1.165, 1.54) is 0 Å². The predicted octanol–water partition coefficient (Wildman–Crippen LogP) is 2.05. The van der Waals surface area contributed by atoms with E-state index in [9.17, 15) is 4.79 Å². The lowest BCUT2D eigenvalue weighted by atomic mass is 10.2. The fourth-order valence-electron chi connectivity index (χ4n) is 3.03. The Morgan fingerprint density at radius 3 is 2.35 bits per heavy atom. The van der Waals surface area contributed by atoms with Crippen molar-refractivity contribution in [2.75, 3.05) is 42.2 Å². The summed E-state index contributed by atoms with van der Waals surface area (Å²) in [6, 6.07) is 5.49. The van der Waals surface area contributed by atoms with Crippen molar-refractivity contribution in [1.29, 1.82) is 0 Å². The maximum Gasteiger partial charge on any atom is 0.266 e. The van der Waals surface area contributed by atoms with E-state index in [0.717, 1.165) is 48.7 Å². The highest BCUT2D eigenvalue weighted by Gasteiger charge is 2.20. The fourth-order valence-corrected chi connectivity index (χ4v) is 3.45. The summed E-state index contributed by atoms with van der Waals surface area (Å²) in [5.41, 5.74) is 0.950. The molecule has 7 nitrogen and oxygen atoms in total. The summed E-state index contributed by atoms with van der Waals surface area (Å²) in [5, 5.41) is 5.37. The molecule has 2 aromatic rings. The predicted molar refractivity (Wildman–Crippen MR) is 106 cm³/mol. The molecule has 1 fully saturated rings. The smallest absolute Gasteiger partial charge is 0.266 e. The maximum atomic E-state index is 12.0. The van der Waals surface area contributed by atoms with E-state index >= 15 is 0 Å². The van der Waals surface area contributed by atoms with Crippen LogP contribution in [0.4, 0.5) is 11.6 Å². The Kier molecular flexibility index (Phi) is 5.80. The molecule has 8 heteroatoms. The fraction of sp³-hybridized carbons (Fsp3) is 0.556. The summed E-state index contributed by atoms with van der Waals surface area (Å²) in [6.07, 6.45) is 1.99. The van der Waals surface area contributed by atoms with Crippen LogP contribution in [0.2, 0.25) is 0 Å². The first-order valence-corrected chi connectivity index (χ1v) is 10.2. The van der Waals surface area contributed by atoms with E-state index in [0.29, 0.717) is 12.5 Å². The lowest BCUT2D eigenvalue weighted by Crippen LogP contribution is -2.47. The lowest BCUT2D eigenvalue weighted by molar-refractivity contribution is 0.461. The van der Waals surface area contributed by atoms with Crippen molar-refractivity contribution < 1.29 is 0 Å². The Bertz CT molecular complexity index is 814. The highest BCUT2D eigenvalue weighted by Crippen LogP contribution is 2.20. The first kappa shape index (κ1) is 18.7. The molecule has 0 aliphatic carbocycles. The van der Waals surface area contributed by atoms with Crippen molar-refractivity contribution in [3.63, 3.8) is 0 Å². The second kappa shape index (κ2) is 8.07. The first-order chi connectivity index (χ1) is 12.5. The Hall–Kier alpha value is -2.09. The third-order valence-electron chi connectivity index (χ3n) is 4.32. The molecule has 3 heterocycles. The first-order valence-electron chi connectivity index (χ1n) is 8.94. The number of nitrogens with zero attached hydrogens (tertiary/aromatic N) is 6. The zero-order chi connectivity index (χ0) is 18.7. The van der Waals surface area contributed by atoms with E-state index in [1.54, 1.807) is 22.5 Å². The van der Waals surface area contributed by atoms with Gasteiger partial charge in [0, 0.05) is 50.6 Å². The van der Waals surface area contributed by atoms with Crippen LogP contribution in [0.1, 0.15) is 19.5 Å². The maximum absolute atomic E-state index is 12.0. The van der Waals surface area contributed by atoms with Crippen LogP contribution in [0.25, 0.3) is 0 Å². The van der Waals surface area contributed by atoms with Gasteiger partial charge in [0.05, 0.1) is 0 Å². The van der Waals surface area contributed by atoms with Gasteiger partial charge in [-0.25, -0.2) is 14.6 Å². The van der Waals surface area contributed by atoms with Crippen LogP contribution < -0.4 is 15.4 Å². The minimum atomic E-state index is -0.0397. The molecule has 0 unspecified atom stereocenters. The van der Waals surface area contributed by atoms with E-state index in [1.807, 2.05) is 25.3 Å². The molecule has 0 aromatic carbocycles. The van der Waals surface area contributed by atoms with Crippen molar-refractivity contribution >= 4 is 23.4 Å². The van der Waals surface area contributed by atoms with Crippen molar-refractivity contribution in [3.05, 3.63) is 34.2 Å². The number of rotatable bonds is 5. The molecule has 140 valence electrons. The molecular formula is C18H26N6OS. The molecule has 0 N–H and O–H groups in total. The molecule has 26 heavy (non-hydrogen) atoms. The van der Waals surface area contributed by atoms with Gasteiger partial charge in [-0.15, -0.1) is 0 Å². The number of anilines is 2. The lowest BCUT2D eigenvalue weighted by Gasteiger charge is -2.36. The molecule has 1 saturated heterocycles. The number of thioether (sulfide) groups is 1. The topological polar surface area (TPSA) is 67.2 Å². The number of hydrogen-bond donors (Lipinski definition) is 0. The Morgan fingerprint density at radius 2 is 1.73 bits per heavy atom. The number of piperazine rings is 1. The van der Waals surface area contributed by atoms with Gasteiger partial charge in [-0.2, -0.15) is 5.10 Å². The monoisotopic (exact) mass is 374 g/mol. The van der Waals surface area contributed by atoms with Crippen molar-refractivity contribution in [3.8, 4) is 0 Å². The average Bonchev–Trinajstić information content (AvgIpc) is 2.63. The summed E-state index contributed by atoms with van der Waals surface area (Å²) in [7, 11) is 0. The van der Waals surface area contributed by atoms with Crippen LogP contribution in [0.3, 0.4) is 0 Å². The van der Waals surface area contributed by atoms with Gasteiger partial charge < -0.3 is 9.80 Å². The van der Waals surface area contributed by atoms with Crippen molar-refractivity contribution in [2.45, 2.75) is 32.5 Å². The van der Waals surface area contributed by atoms with E-state index < -0.39 is 0 Å². The molecule has 2 aromatic heterocycles. The highest BCUT2D eigenvalue weighted by atomic mass is 32.2. The minimum absolute atomic E-state index is 0.0397. The molecule has 0 atom stereocenters. The third-order valence-corrected chi connectivity index (χ3v) is 4.87. The van der Waals surface area contributed by atoms with Crippen LogP contribution in [-0.2, 0) is 6.54 Å². The molecule has 0 saturated carbocycles. The molecule has 1 aliphatic rings. The van der Waals surface area contributed by atoms with Gasteiger partial charge in [-0.1, -0.05) is 25.6 Å². The van der Waals surface area contributed by atoms with Gasteiger partial charge in [0.25, 0.3) is 5.56 Å². The molecule has 0 bridgehead atoms.